The van der Waals surface area contributed by atoms with Crippen molar-refractivity contribution in [3.05, 3.63) is 90.8 Å². The quantitative estimate of drug-likeness (QED) is 0.575. The number of hydrogen-bond donors (Lipinski definition) is 1. The molecule has 146 valence electrons. The Balaban J connectivity index is 1.61. The van der Waals surface area contributed by atoms with Crippen molar-refractivity contribution >= 4 is 23.2 Å². The van der Waals surface area contributed by atoms with E-state index < -0.39 is 5.91 Å². The van der Waals surface area contributed by atoms with Crippen molar-refractivity contribution in [1.29, 1.82) is 0 Å². The number of aromatic nitrogens is 3. The van der Waals surface area contributed by atoms with E-state index in [9.17, 15) is 9.59 Å². The minimum atomic E-state index is -0.427. The fourth-order valence-electron chi connectivity index (χ4n) is 3.46. The topological polar surface area (TPSA) is 80.1 Å². The fourth-order valence-corrected chi connectivity index (χ4v) is 3.46. The van der Waals surface area contributed by atoms with Crippen molar-refractivity contribution in [1.82, 2.24) is 14.8 Å². The van der Waals surface area contributed by atoms with Crippen molar-refractivity contribution < 1.29 is 9.59 Å². The summed E-state index contributed by atoms with van der Waals surface area (Å²) >= 11 is 0. The lowest BCUT2D eigenvalue weighted by atomic mass is 10.2. The number of carbonyl (C=O) groups excluding carboxylic acids is 2. The lowest BCUT2D eigenvalue weighted by molar-refractivity contribution is -0.115. The van der Waals surface area contributed by atoms with Gasteiger partial charge in [-0.15, -0.1) is 5.10 Å². The van der Waals surface area contributed by atoms with Gasteiger partial charge in [-0.3, -0.25) is 14.5 Å². The maximum absolute atomic E-state index is 13.3. The molecule has 7 heteroatoms. The molecule has 3 aromatic carbocycles. The zero-order valence-electron chi connectivity index (χ0n) is 15.9. The van der Waals surface area contributed by atoms with Crippen molar-refractivity contribution in [3.63, 3.8) is 0 Å². The summed E-state index contributed by atoms with van der Waals surface area (Å²) in [5.74, 6) is -0.0981. The van der Waals surface area contributed by atoms with E-state index in [1.807, 2.05) is 72.8 Å². The molecule has 0 saturated heterocycles. The van der Waals surface area contributed by atoms with Gasteiger partial charge in [-0.2, -0.15) is 0 Å². The Hall–Kier alpha value is -4.26. The molecule has 1 aromatic heterocycles. The molecular weight excluding hydrogens is 378 g/mol. The molecule has 1 N–H and O–H groups in total. The number of nitrogens with zero attached hydrogens (tertiary/aromatic N) is 4. The molecule has 1 aliphatic heterocycles. The van der Waals surface area contributed by atoms with Crippen molar-refractivity contribution in [3.8, 4) is 17.1 Å². The van der Waals surface area contributed by atoms with Crippen LogP contribution in [-0.2, 0) is 4.79 Å². The molecule has 0 radical (unpaired) electrons. The summed E-state index contributed by atoms with van der Waals surface area (Å²) in [6.45, 7) is -0.0869. The van der Waals surface area contributed by atoms with E-state index in [4.69, 9.17) is 0 Å². The minimum absolute atomic E-state index is 0.0298. The number of anilines is 2. The van der Waals surface area contributed by atoms with E-state index in [1.54, 1.807) is 16.8 Å². The van der Waals surface area contributed by atoms with Crippen LogP contribution in [0.3, 0.4) is 0 Å². The molecule has 4 aromatic rings. The van der Waals surface area contributed by atoms with Gasteiger partial charge in [-0.05, 0) is 24.3 Å². The fraction of sp³-hybridized carbons (Fsp3) is 0.0435. The Morgan fingerprint density at radius 2 is 1.53 bits per heavy atom. The smallest absolute Gasteiger partial charge is 0.298 e. The molecule has 2 amide bonds. The van der Waals surface area contributed by atoms with E-state index in [-0.39, 0.29) is 18.3 Å². The number of fused-ring (bicyclic) bond motifs is 1. The van der Waals surface area contributed by atoms with Crippen LogP contribution in [0, 0.1) is 0 Å². The summed E-state index contributed by atoms with van der Waals surface area (Å²) in [6.07, 6.45) is 0. The lowest BCUT2D eigenvalue weighted by Gasteiger charge is -2.28. The summed E-state index contributed by atoms with van der Waals surface area (Å²) in [6, 6.07) is 26.3. The van der Waals surface area contributed by atoms with Crippen LogP contribution in [0.2, 0.25) is 0 Å². The molecule has 0 spiro atoms. The molecule has 0 saturated carbocycles. The molecule has 2 heterocycles. The monoisotopic (exact) mass is 395 g/mol. The van der Waals surface area contributed by atoms with Gasteiger partial charge in [0, 0.05) is 5.56 Å². The first-order valence-electron chi connectivity index (χ1n) is 9.49. The Kier molecular flexibility index (Phi) is 4.33. The number of carbonyl (C=O) groups is 2. The van der Waals surface area contributed by atoms with E-state index >= 15 is 0 Å². The highest BCUT2D eigenvalue weighted by Crippen LogP contribution is 2.30. The van der Waals surface area contributed by atoms with Crippen LogP contribution in [0.1, 0.15) is 10.6 Å². The highest BCUT2D eigenvalue weighted by atomic mass is 16.2. The van der Waals surface area contributed by atoms with E-state index in [0.717, 1.165) is 11.3 Å². The van der Waals surface area contributed by atoms with Crippen LogP contribution < -0.4 is 10.2 Å². The Morgan fingerprint density at radius 3 is 2.30 bits per heavy atom. The third kappa shape index (κ3) is 3.12. The Labute approximate surface area is 172 Å². The highest BCUT2D eigenvalue weighted by molar-refractivity contribution is 6.14. The van der Waals surface area contributed by atoms with Gasteiger partial charge in [0.2, 0.25) is 11.7 Å². The summed E-state index contributed by atoms with van der Waals surface area (Å²) in [5.41, 5.74) is 2.84. The number of para-hydroxylation sites is 3. The zero-order valence-corrected chi connectivity index (χ0v) is 15.9. The summed E-state index contributed by atoms with van der Waals surface area (Å²) < 4.78 is 1.65. The number of hydrogen-bond acceptors (Lipinski definition) is 4. The maximum atomic E-state index is 13.3. The molecule has 0 aliphatic carbocycles. The summed E-state index contributed by atoms with van der Waals surface area (Å²) in [4.78, 5) is 31.4. The number of rotatable bonds is 3. The Bertz CT molecular complexity index is 1180. The predicted molar refractivity (Wildman–Crippen MR) is 114 cm³/mol. The first kappa shape index (κ1) is 17.8. The summed E-state index contributed by atoms with van der Waals surface area (Å²) in [5, 5.41) is 7.30. The second-order valence-corrected chi connectivity index (χ2v) is 6.83. The molecular formula is C23H17N5O2. The van der Waals surface area contributed by atoms with Gasteiger partial charge in [-0.25, -0.2) is 9.67 Å². The Morgan fingerprint density at radius 1 is 0.867 bits per heavy atom. The maximum Gasteiger partial charge on any atom is 0.298 e. The highest BCUT2D eigenvalue weighted by Gasteiger charge is 2.30. The average molecular weight is 395 g/mol. The first-order valence-corrected chi connectivity index (χ1v) is 9.49. The van der Waals surface area contributed by atoms with Crippen molar-refractivity contribution in [2.75, 3.05) is 16.8 Å². The zero-order chi connectivity index (χ0) is 20.5. The van der Waals surface area contributed by atoms with Gasteiger partial charge < -0.3 is 5.32 Å². The molecule has 1 aliphatic rings. The number of nitrogens with one attached hydrogen (secondary N) is 1. The normalized spacial score (nSPS) is 12.9. The third-order valence-corrected chi connectivity index (χ3v) is 4.85. The first-order chi connectivity index (χ1) is 14.7. The van der Waals surface area contributed by atoms with Crippen LogP contribution >= 0.6 is 0 Å². The second-order valence-electron chi connectivity index (χ2n) is 6.83. The molecule has 30 heavy (non-hydrogen) atoms. The standard InChI is InChI=1S/C23H17N5O2/c29-20-15-27(19-14-8-7-13-18(19)24-20)23(30)21-25-22(16-9-3-1-4-10-16)28(26-21)17-11-5-2-6-12-17/h1-14H,15H2,(H,24,29). The predicted octanol–water partition coefficient (Wildman–Crippen LogP) is 3.53. The molecule has 0 fully saturated rings. The molecule has 7 nitrogen and oxygen atoms in total. The van der Waals surface area contributed by atoms with Crippen molar-refractivity contribution in [2.24, 2.45) is 0 Å². The number of benzene rings is 3. The van der Waals surface area contributed by atoms with Gasteiger partial charge in [-0.1, -0.05) is 60.7 Å². The third-order valence-electron chi connectivity index (χ3n) is 4.85. The van der Waals surface area contributed by atoms with E-state index in [2.05, 4.69) is 15.4 Å². The molecule has 0 bridgehead atoms. The van der Waals surface area contributed by atoms with Crippen LogP contribution in [0.15, 0.2) is 84.9 Å². The van der Waals surface area contributed by atoms with Gasteiger partial charge in [0.1, 0.15) is 6.54 Å². The largest absolute Gasteiger partial charge is 0.323 e. The molecule has 5 rings (SSSR count). The van der Waals surface area contributed by atoms with Crippen LogP contribution in [0.4, 0.5) is 11.4 Å². The van der Waals surface area contributed by atoms with E-state index in [0.29, 0.717) is 17.2 Å². The van der Waals surface area contributed by atoms with Crippen molar-refractivity contribution in [2.45, 2.75) is 0 Å². The van der Waals surface area contributed by atoms with Gasteiger partial charge in [0.05, 0.1) is 17.1 Å². The number of amides is 2. The molecule has 0 atom stereocenters. The SMILES string of the molecule is O=C1CN(C(=O)c2nc(-c3ccccc3)n(-c3ccccc3)n2)c2ccccc2N1. The van der Waals surface area contributed by atoms with E-state index in [1.165, 1.54) is 4.90 Å². The second kappa shape index (κ2) is 7.29. The van der Waals surface area contributed by atoms with Gasteiger partial charge >= 0.3 is 0 Å². The molecule has 0 unspecified atom stereocenters. The van der Waals surface area contributed by atoms with Crippen LogP contribution in [0.5, 0.6) is 0 Å². The van der Waals surface area contributed by atoms with Gasteiger partial charge in [0.15, 0.2) is 5.82 Å². The lowest BCUT2D eigenvalue weighted by Crippen LogP contribution is -2.42. The van der Waals surface area contributed by atoms with Crippen LogP contribution in [-0.4, -0.2) is 33.1 Å². The van der Waals surface area contributed by atoms with Gasteiger partial charge in [0.25, 0.3) is 5.91 Å². The summed E-state index contributed by atoms with van der Waals surface area (Å²) in [7, 11) is 0. The minimum Gasteiger partial charge on any atom is -0.323 e. The average Bonchev–Trinajstić information content (AvgIpc) is 3.25. The van der Waals surface area contributed by atoms with Crippen LogP contribution in [0.25, 0.3) is 17.1 Å².